The lowest BCUT2D eigenvalue weighted by Gasteiger charge is -2.20. The Morgan fingerprint density at radius 3 is 2.48 bits per heavy atom. The summed E-state index contributed by atoms with van der Waals surface area (Å²) in [5.41, 5.74) is 2.54. The summed E-state index contributed by atoms with van der Waals surface area (Å²) >= 11 is 6.33. The molecular formula is C23H22ClFN2O2. The van der Waals surface area contributed by atoms with Crippen molar-refractivity contribution in [2.24, 2.45) is 0 Å². The van der Waals surface area contributed by atoms with E-state index in [0.29, 0.717) is 18.1 Å². The summed E-state index contributed by atoms with van der Waals surface area (Å²) in [6, 6.07) is 17.6. The number of benzene rings is 2. The van der Waals surface area contributed by atoms with Crippen LogP contribution in [0.3, 0.4) is 0 Å². The largest absolute Gasteiger partial charge is 0.492 e. The number of ether oxygens (including phenoxy) is 2. The molecule has 0 amide bonds. The van der Waals surface area contributed by atoms with E-state index in [1.165, 1.54) is 0 Å². The van der Waals surface area contributed by atoms with E-state index in [1.807, 2.05) is 68.7 Å². The zero-order valence-corrected chi connectivity index (χ0v) is 17.1. The SMILES string of the molecule is CN(C)CCOc1ccc(C2Oc3ncc(F)c(Cl)c3C2c2ccccc2)cc1. The van der Waals surface area contributed by atoms with Crippen molar-refractivity contribution in [3.8, 4) is 11.6 Å². The number of hydrogen-bond acceptors (Lipinski definition) is 4. The van der Waals surface area contributed by atoms with Crippen LogP contribution in [-0.2, 0) is 0 Å². The molecule has 2 heterocycles. The topological polar surface area (TPSA) is 34.6 Å². The molecule has 2 unspecified atom stereocenters. The summed E-state index contributed by atoms with van der Waals surface area (Å²) in [4.78, 5) is 6.20. The Labute approximate surface area is 174 Å². The van der Waals surface area contributed by atoms with Crippen LogP contribution < -0.4 is 9.47 Å². The van der Waals surface area contributed by atoms with E-state index in [9.17, 15) is 4.39 Å². The number of nitrogens with zero attached hydrogens (tertiary/aromatic N) is 2. The van der Waals surface area contributed by atoms with Gasteiger partial charge in [0.05, 0.1) is 17.1 Å². The molecule has 1 aromatic heterocycles. The lowest BCUT2D eigenvalue weighted by molar-refractivity contribution is 0.215. The highest BCUT2D eigenvalue weighted by atomic mass is 35.5. The molecule has 2 atom stereocenters. The zero-order chi connectivity index (χ0) is 20.4. The summed E-state index contributed by atoms with van der Waals surface area (Å²) in [6.07, 6.45) is 0.753. The molecular weight excluding hydrogens is 391 g/mol. The van der Waals surface area contributed by atoms with Crippen LogP contribution in [0, 0.1) is 5.82 Å². The molecule has 0 saturated heterocycles. The quantitative estimate of drug-likeness (QED) is 0.565. The third-order valence-corrected chi connectivity index (χ3v) is 5.38. The van der Waals surface area contributed by atoms with E-state index in [2.05, 4.69) is 9.88 Å². The summed E-state index contributed by atoms with van der Waals surface area (Å²) < 4.78 is 26.1. The fourth-order valence-corrected chi connectivity index (χ4v) is 3.78. The second-order valence-corrected chi connectivity index (χ2v) is 7.66. The minimum Gasteiger partial charge on any atom is -0.492 e. The highest BCUT2D eigenvalue weighted by molar-refractivity contribution is 6.31. The predicted molar refractivity (Wildman–Crippen MR) is 111 cm³/mol. The molecule has 6 heteroatoms. The third kappa shape index (κ3) is 4.07. The van der Waals surface area contributed by atoms with Crippen LogP contribution >= 0.6 is 11.6 Å². The van der Waals surface area contributed by atoms with Crippen LogP contribution in [0.1, 0.15) is 28.7 Å². The standard InChI is InChI=1S/C23H22ClFN2O2/c1-27(2)12-13-28-17-10-8-16(9-11-17)22-19(15-6-4-3-5-7-15)20-21(24)18(25)14-26-23(20)29-22/h3-11,14,19,22H,12-13H2,1-2H3. The highest BCUT2D eigenvalue weighted by Gasteiger charge is 2.40. The van der Waals surface area contributed by atoms with E-state index in [1.54, 1.807) is 0 Å². The van der Waals surface area contributed by atoms with Crippen LogP contribution in [0.25, 0.3) is 0 Å². The average Bonchev–Trinajstić information content (AvgIpc) is 3.12. The minimum atomic E-state index is -0.541. The third-order valence-electron chi connectivity index (χ3n) is 5.00. The van der Waals surface area contributed by atoms with Gasteiger partial charge in [0.2, 0.25) is 5.88 Å². The van der Waals surface area contributed by atoms with E-state index in [4.69, 9.17) is 21.1 Å². The number of pyridine rings is 1. The average molecular weight is 413 g/mol. The van der Waals surface area contributed by atoms with Crippen LogP contribution in [0.15, 0.2) is 60.8 Å². The molecule has 0 fully saturated rings. The van der Waals surface area contributed by atoms with Gasteiger partial charge in [-0.1, -0.05) is 54.1 Å². The van der Waals surface area contributed by atoms with Gasteiger partial charge in [-0.25, -0.2) is 9.37 Å². The molecule has 0 saturated carbocycles. The molecule has 29 heavy (non-hydrogen) atoms. The van der Waals surface area contributed by atoms with Crippen molar-refractivity contribution in [1.82, 2.24) is 9.88 Å². The molecule has 0 spiro atoms. The van der Waals surface area contributed by atoms with Crippen molar-refractivity contribution in [2.75, 3.05) is 27.2 Å². The highest BCUT2D eigenvalue weighted by Crippen LogP contribution is 2.51. The first-order valence-corrected chi connectivity index (χ1v) is 9.85. The summed E-state index contributed by atoms with van der Waals surface area (Å²) in [5, 5.41) is 0.0648. The van der Waals surface area contributed by atoms with E-state index < -0.39 is 5.82 Å². The Bertz CT molecular complexity index is 980. The van der Waals surface area contributed by atoms with Crippen LogP contribution in [0.2, 0.25) is 5.02 Å². The van der Waals surface area contributed by atoms with Gasteiger partial charge < -0.3 is 14.4 Å². The summed E-state index contributed by atoms with van der Waals surface area (Å²) in [5.74, 6) is 0.383. The van der Waals surface area contributed by atoms with Crippen molar-refractivity contribution in [3.63, 3.8) is 0 Å². The smallest absolute Gasteiger partial charge is 0.219 e. The molecule has 1 aliphatic rings. The molecule has 0 aliphatic carbocycles. The maximum absolute atomic E-state index is 14.2. The van der Waals surface area contributed by atoms with Crippen molar-refractivity contribution in [1.29, 1.82) is 0 Å². The van der Waals surface area contributed by atoms with Crippen LogP contribution in [0.4, 0.5) is 4.39 Å². The van der Waals surface area contributed by atoms with Crippen molar-refractivity contribution < 1.29 is 13.9 Å². The fourth-order valence-electron chi connectivity index (χ4n) is 3.53. The maximum Gasteiger partial charge on any atom is 0.219 e. The van der Waals surface area contributed by atoms with Gasteiger partial charge in [0.25, 0.3) is 0 Å². The van der Waals surface area contributed by atoms with Gasteiger partial charge in [0.15, 0.2) is 5.82 Å². The molecule has 0 N–H and O–H groups in total. The van der Waals surface area contributed by atoms with Gasteiger partial charge in [-0.05, 0) is 37.4 Å². The van der Waals surface area contributed by atoms with E-state index in [-0.39, 0.29) is 17.0 Å². The lowest BCUT2D eigenvalue weighted by atomic mass is 9.85. The predicted octanol–water partition coefficient (Wildman–Crippen LogP) is 5.08. The van der Waals surface area contributed by atoms with E-state index >= 15 is 0 Å². The van der Waals surface area contributed by atoms with Gasteiger partial charge in [-0.3, -0.25) is 0 Å². The molecule has 1 aliphatic heterocycles. The molecule has 0 bridgehead atoms. The zero-order valence-electron chi connectivity index (χ0n) is 16.3. The second-order valence-electron chi connectivity index (χ2n) is 7.29. The van der Waals surface area contributed by atoms with Crippen molar-refractivity contribution in [2.45, 2.75) is 12.0 Å². The van der Waals surface area contributed by atoms with Crippen LogP contribution in [-0.4, -0.2) is 37.1 Å². The number of hydrogen-bond donors (Lipinski definition) is 0. The molecule has 150 valence electrons. The Morgan fingerprint density at radius 2 is 1.79 bits per heavy atom. The summed E-state index contributed by atoms with van der Waals surface area (Å²) in [6.45, 7) is 1.46. The fraction of sp³-hybridized carbons (Fsp3) is 0.261. The van der Waals surface area contributed by atoms with Gasteiger partial charge >= 0.3 is 0 Å². The Kier molecular flexibility index (Phi) is 5.69. The first-order chi connectivity index (χ1) is 14.0. The molecule has 4 nitrogen and oxygen atoms in total. The monoisotopic (exact) mass is 412 g/mol. The number of likely N-dealkylation sites (N-methyl/N-ethyl adjacent to an activating group) is 1. The maximum atomic E-state index is 14.2. The Balaban J connectivity index is 1.65. The number of fused-ring (bicyclic) bond motifs is 1. The first kappa shape index (κ1) is 19.7. The van der Waals surface area contributed by atoms with Crippen molar-refractivity contribution >= 4 is 11.6 Å². The molecule has 3 aromatic rings. The van der Waals surface area contributed by atoms with Crippen molar-refractivity contribution in [3.05, 3.63) is 88.3 Å². The number of rotatable bonds is 6. The van der Waals surface area contributed by atoms with Gasteiger partial charge in [-0.2, -0.15) is 0 Å². The summed E-state index contributed by atoms with van der Waals surface area (Å²) in [7, 11) is 4.01. The molecule has 4 rings (SSSR count). The normalized spacial score (nSPS) is 17.8. The van der Waals surface area contributed by atoms with Gasteiger partial charge in [-0.15, -0.1) is 0 Å². The number of aromatic nitrogens is 1. The van der Waals surface area contributed by atoms with Gasteiger partial charge in [0, 0.05) is 12.1 Å². The first-order valence-electron chi connectivity index (χ1n) is 9.47. The second kappa shape index (κ2) is 8.39. The Morgan fingerprint density at radius 1 is 1.07 bits per heavy atom. The van der Waals surface area contributed by atoms with E-state index in [0.717, 1.165) is 29.6 Å². The molecule has 2 aromatic carbocycles. The van der Waals surface area contributed by atoms with Gasteiger partial charge in [0.1, 0.15) is 18.5 Å². The Hall–Kier alpha value is -2.63. The lowest BCUT2D eigenvalue weighted by Crippen LogP contribution is -2.19. The van der Waals surface area contributed by atoms with Crippen LogP contribution in [0.5, 0.6) is 11.6 Å². The minimum absolute atomic E-state index is 0.0648. The number of halogens is 2. The molecule has 0 radical (unpaired) electrons.